The number of likely N-dealkylation sites (tertiary alicyclic amines) is 1. The van der Waals surface area contributed by atoms with Gasteiger partial charge < -0.3 is 10.0 Å². The van der Waals surface area contributed by atoms with Crippen molar-refractivity contribution < 1.29 is 27.9 Å². The van der Waals surface area contributed by atoms with E-state index in [2.05, 4.69) is 0 Å². The van der Waals surface area contributed by atoms with Crippen LogP contribution in [-0.4, -0.2) is 40.6 Å². The number of carbonyl (C=O) groups is 2. The number of nitrogens with zero attached hydrogens (tertiary/aromatic N) is 1. The maximum atomic E-state index is 12.3. The third-order valence-corrected chi connectivity index (χ3v) is 2.68. The second kappa shape index (κ2) is 4.31. The van der Waals surface area contributed by atoms with E-state index < -0.39 is 30.0 Å². The van der Waals surface area contributed by atoms with Crippen LogP contribution >= 0.6 is 0 Å². The lowest BCUT2D eigenvalue weighted by Gasteiger charge is -2.25. The monoisotopic (exact) mass is 239 g/mol. The minimum absolute atomic E-state index is 0.0796. The largest absolute Gasteiger partial charge is 0.480 e. The lowest BCUT2D eigenvalue weighted by Crippen LogP contribution is -2.46. The fourth-order valence-electron chi connectivity index (χ4n) is 1.68. The van der Waals surface area contributed by atoms with Gasteiger partial charge >= 0.3 is 12.1 Å². The van der Waals surface area contributed by atoms with Crippen LogP contribution in [0.5, 0.6) is 0 Å². The molecule has 0 bridgehead atoms. The molecule has 0 saturated carbocycles. The van der Waals surface area contributed by atoms with Crippen LogP contribution < -0.4 is 0 Å². The normalized spacial score (nSPS) is 23.2. The zero-order valence-corrected chi connectivity index (χ0v) is 8.62. The highest BCUT2D eigenvalue weighted by atomic mass is 19.4. The molecule has 1 aliphatic heterocycles. The van der Waals surface area contributed by atoms with Gasteiger partial charge in [-0.25, -0.2) is 4.79 Å². The first-order valence-corrected chi connectivity index (χ1v) is 4.85. The Morgan fingerprint density at radius 2 is 2.00 bits per heavy atom. The van der Waals surface area contributed by atoms with Gasteiger partial charge in [0, 0.05) is 6.54 Å². The van der Waals surface area contributed by atoms with Crippen molar-refractivity contribution in [2.45, 2.75) is 32.0 Å². The van der Waals surface area contributed by atoms with Crippen LogP contribution in [0.3, 0.4) is 0 Å². The molecule has 1 rings (SSSR count). The van der Waals surface area contributed by atoms with Crippen LogP contribution in [0.2, 0.25) is 0 Å². The van der Waals surface area contributed by atoms with Gasteiger partial charge in [0.1, 0.15) is 12.0 Å². The topological polar surface area (TPSA) is 57.6 Å². The van der Waals surface area contributed by atoms with Crippen molar-refractivity contribution in [1.29, 1.82) is 0 Å². The Labute approximate surface area is 90.0 Å². The molecule has 1 aliphatic rings. The number of hydrogen-bond donors (Lipinski definition) is 1. The van der Waals surface area contributed by atoms with Crippen LogP contribution in [0, 0.1) is 5.92 Å². The summed E-state index contributed by atoms with van der Waals surface area (Å²) in [6.45, 7) is 0.829. The molecule has 2 unspecified atom stereocenters. The van der Waals surface area contributed by atoms with E-state index in [0.29, 0.717) is 6.42 Å². The third-order valence-electron chi connectivity index (χ3n) is 2.68. The second-order valence-corrected chi connectivity index (χ2v) is 3.79. The summed E-state index contributed by atoms with van der Waals surface area (Å²) in [4.78, 5) is 23.0. The fourth-order valence-corrected chi connectivity index (χ4v) is 1.68. The molecule has 1 amide bonds. The SMILES string of the molecule is CC(C(=O)N1CCCC1C(=O)O)C(F)(F)F. The Kier molecular flexibility index (Phi) is 3.44. The zero-order valence-electron chi connectivity index (χ0n) is 8.62. The molecule has 92 valence electrons. The van der Waals surface area contributed by atoms with Gasteiger partial charge in [0.15, 0.2) is 0 Å². The average molecular weight is 239 g/mol. The van der Waals surface area contributed by atoms with Gasteiger partial charge in [0.05, 0.1) is 0 Å². The highest BCUT2D eigenvalue weighted by Crippen LogP contribution is 2.30. The van der Waals surface area contributed by atoms with Crippen molar-refractivity contribution in [2.75, 3.05) is 6.54 Å². The fraction of sp³-hybridized carbons (Fsp3) is 0.778. The summed E-state index contributed by atoms with van der Waals surface area (Å²) in [6.07, 6.45) is -3.98. The molecule has 0 aliphatic carbocycles. The summed E-state index contributed by atoms with van der Waals surface area (Å²) >= 11 is 0. The number of alkyl halides is 3. The Morgan fingerprint density at radius 1 is 1.44 bits per heavy atom. The minimum Gasteiger partial charge on any atom is -0.480 e. The van der Waals surface area contributed by atoms with E-state index in [9.17, 15) is 22.8 Å². The van der Waals surface area contributed by atoms with E-state index in [4.69, 9.17) is 5.11 Å². The molecule has 1 fully saturated rings. The zero-order chi connectivity index (χ0) is 12.5. The number of carbonyl (C=O) groups excluding carboxylic acids is 1. The van der Waals surface area contributed by atoms with Gasteiger partial charge in [-0.1, -0.05) is 0 Å². The molecule has 1 heterocycles. The molecule has 0 radical (unpaired) electrons. The molecule has 0 spiro atoms. The molecule has 2 atom stereocenters. The lowest BCUT2D eigenvalue weighted by molar-refractivity contribution is -0.187. The number of carboxylic acids is 1. The van der Waals surface area contributed by atoms with Crippen molar-refractivity contribution in [3.05, 3.63) is 0 Å². The number of aliphatic carboxylic acids is 1. The molecule has 0 aromatic carbocycles. The summed E-state index contributed by atoms with van der Waals surface area (Å²) in [5.41, 5.74) is 0. The van der Waals surface area contributed by atoms with Crippen LogP contribution in [0.15, 0.2) is 0 Å². The van der Waals surface area contributed by atoms with Gasteiger partial charge in [-0.15, -0.1) is 0 Å². The lowest BCUT2D eigenvalue weighted by atomic mass is 10.1. The van der Waals surface area contributed by atoms with Gasteiger partial charge in [0.2, 0.25) is 5.91 Å². The van der Waals surface area contributed by atoms with Crippen LogP contribution in [0.25, 0.3) is 0 Å². The van der Waals surface area contributed by atoms with Crippen molar-refractivity contribution in [3.63, 3.8) is 0 Å². The molecule has 16 heavy (non-hydrogen) atoms. The summed E-state index contributed by atoms with van der Waals surface area (Å²) in [6, 6.07) is -1.11. The molecule has 0 aromatic heterocycles. The van der Waals surface area contributed by atoms with Crippen molar-refractivity contribution in [3.8, 4) is 0 Å². The Balaban J connectivity index is 2.77. The van der Waals surface area contributed by atoms with Gasteiger partial charge in [-0.3, -0.25) is 4.79 Å². The highest BCUT2D eigenvalue weighted by molar-refractivity contribution is 5.85. The molecular weight excluding hydrogens is 227 g/mol. The molecular formula is C9H12F3NO3. The summed E-state index contributed by atoms with van der Waals surface area (Å²) in [5.74, 6) is -4.55. The third kappa shape index (κ3) is 2.45. The van der Waals surface area contributed by atoms with E-state index >= 15 is 0 Å². The number of carboxylic acid groups (broad SMARTS) is 1. The number of halogens is 3. The van der Waals surface area contributed by atoms with E-state index in [0.717, 1.165) is 11.8 Å². The van der Waals surface area contributed by atoms with Crippen LogP contribution in [0.1, 0.15) is 19.8 Å². The second-order valence-electron chi connectivity index (χ2n) is 3.79. The van der Waals surface area contributed by atoms with Crippen molar-refractivity contribution >= 4 is 11.9 Å². The van der Waals surface area contributed by atoms with Gasteiger partial charge in [-0.05, 0) is 19.8 Å². The van der Waals surface area contributed by atoms with Crippen molar-refractivity contribution in [2.24, 2.45) is 5.92 Å². The molecule has 1 N–H and O–H groups in total. The first-order chi connectivity index (χ1) is 7.25. The maximum Gasteiger partial charge on any atom is 0.400 e. The van der Waals surface area contributed by atoms with Gasteiger partial charge in [-0.2, -0.15) is 13.2 Å². The van der Waals surface area contributed by atoms with Crippen molar-refractivity contribution in [1.82, 2.24) is 4.90 Å². The molecule has 7 heteroatoms. The first-order valence-electron chi connectivity index (χ1n) is 4.85. The maximum absolute atomic E-state index is 12.3. The molecule has 0 aromatic rings. The summed E-state index contributed by atoms with van der Waals surface area (Å²) in [7, 11) is 0. The van der Waals surface area contributed by atoms with E-state index in [1.54, 1.807) is 0 Å². The van der Waals surface area contributed by atoms with E-state index in [-0.39, 0.29) is 13.0 Å². The predicted molar refractivity (Wildman–Crippen MR) is 47.6 cm³/mol. The standard InChI is InChI=1S/C9H12F3NO3/c1-5(9(10,11)12)7(14)13-4-2-3-6(13)8(15)16/h5-6H,2-4H2,1H3,(H,15,16). The quantitative estimate of drug-likeness (QED) is 0.789. The Bertz CT molecular complexity index is 303. The predicted octanol–water partition coefficient (Wildman–Crippen LogP) is 1.26. The van der Waals surface area contributed by atoms with E-state index in [1.165, 1.54) is 0 Å². The first kappa shape index (κ1) is 12.8. The van der Waals surface area contributed by atoms with Crippen LogP contribution in [0.4, 0.5) is 13.2 Å². The number of amides is 1. The van der Waals surface area contributed by atoms with Gasteiger partial charge in [0.25, 0.3) is 0 Å². The van der Waals surface area contributed by atoms with E-state index in [1.807, 2.05) is 0 Å². The molecule has 1 saturated heterocycles. The Hall–Kier alpha value is -1.27. The highest BCUT2D eigenvalue weighted by Gasteiger charge is 2.46. The average Bonchev–Trinajstić information content (AvgIpc) is 2.62. The number of hydrogen-bond acceptors (Lipinski definition) is 2. The molecule has 4 nitrogen and oxygen atoms in total. The minimum atomic E-state index is -4.62. The summed E-state index contributed by atoms with van der Waals surface area (Å²) in [5, 5.41) is 8.74. The summed E-state index contributed by atoms with van der Waals surface area (Å²) < 4.78 is 36.9. The Morgan fingerprint density at radius 3 is 2.44 bits per heavy atom. The van der Waals surface area contributed by atoms with Crippen LogP contribution in [-0.2, 0) is 9.59 Å². The smallest absolute Gasteiger partial charge is 0.400 e. The number of rotatable bonds is 2.